The van der Waals surface area contributed by atoms with Crippen LogP contribution in [-0.2, 0) is 0 Å². The molecule has 0 bridgehead atoms. The van der Waals surface area contributed by atoms with Gasteiger partial charge in [-0.1, -0.05) is 39.5 Å². The highest BCUT2D eigenvalue weighted by Crippen LogP contribution is 2.19. The monoisotopic (exact) mass is 183 g/mol. The molecule has 1 aliphatic heterocycles. The van der Waals surface area contributed by atoms with Crippen LogP contribution in [0.25, 0.3) is 0 Å². The third kappa shape index (κ3) is 4.66. The quantitative estimate of drug-likeness (QED) is 0.645. The van der Waals surface area contributed by atoms with E-state index in [9.17, 15) is 0 Å². The largest absolute Gasteiger partial charge is 0.314 e. The smallest absolute Gasteiger partial charge is 0.00696 e. The van der Waals surface area contributed by atoms with E-state index in [0.29, 0.717) is 0 Å². The summed E-state index contributed by atoms with van der Waals surface area (Å²) >= 11 is 0. The number of rotatable bonds is 5. The van der Waals surface area contributed by atoms with Crippen LogP contribution in [-0.4, -0.2) is 12.6 Å². The molecule has 0 radical (unpaired) electrons. The Morgan fingerprint density at radius 2 is 2.08 bits per heavy atom. The Morgan fingerprint density at radius 1 is 1.23 bits per heavy atom. The minimum absolute atomic E-state index is 0.834. The van der Waals surface area contributed by atoms with E-state index in [2.05, 4.69) is 19.2 Å². The molecule has 1 aliphatic rings. The molecule has 1 heterocycles. The summed E-state index contributed by atoms with van der Waals surface area (Å²) < 4.78 is 0. The fourth-order valence-electron chi connectivity index (χ4n) is 2.26. The minimum atomic E-state index is 0.834. The molecule has 1 saturated heterocycles. The van der Waals surface area contributed by atoms with Crippen LogP contribution in [0, 0.1) is 5.92 Å². The summed E-state index contributed by atoms with van der Waals surface area (Å²) in [6.45, 7) is 5.92. The van der Waals surface area contributed by atoms with Crippen LogP contribution in [0.4, 0.5) is 0 Å². The maximum Gasteiger partial charge on any atom is 0.00696 e. The molecule has 0 aromatic carbocycles. The molecule has 0 aromatic rings. The molecule has 0 aromatic heterocycles. The van der Waals surface area contributed by atoms with Crippen molar-refractivity contribution in [2.24, 2.45) is 5.92 Å². The van der Waals surface area contributed by atoms with Gasteiger partial charge in [0.2, 0.25) is 0 Å². The lowest BCUT2D eigenvalue weighted by Gasteiger charge is -2.28. The van der Waals surface area contributed by atoms with Crippen LogP contribution >= 0.6 is 0 Å². The number of piperidine rings is 1. The molecule has 78 valence electrons. The Balaban J connectivity index is 2.00. The van der Waals surface area contributed by atoms with Gasteiger partial charge in [0.15, 0.2) is 0 Å². The second-order valence-corrected chi connectivity index (χ2v) is 4.63. The van der Waals surface area contributed by atoms with Gasteiger partial charge in [0.05, 0.1) is 0 Å². The molecule has 1 heteroatoms. The first-order chi connectivity index (χ1) is 6.33. The predicted molar refractivity (Wildman–Crippen MR) is 58.9 cm³/mol. The second kappa shape index (κ2) is 6.42. The maximum absolute atomic E-state index is 3.63. The van der Waals surface area contributed by atoms with Crippen molar-refractivity contribution < 1.29 is 0 Å². The zero-order valence-corrected chi connectivity index (χ0v) is 9.31. The molecular formula is C12H25N. The van der Waals surface area contributed by atoms with Gasteiger partial charge < -0.3 is 5.32 Å². The minimum Gasteiger partial charge on any atom is -0.314 e. The number of unbranched alkanes of at least 4 members (excludes halogenated alkanes) is 3. The third-order valence-corrected chi connectivity index (χ3v) is 3.16. The summed E-state index contributed by atoms with van der Waals surface area (Å²) in [6.07, 6.45) is 9.83. The van der Waals surface area contributed by atoms with Crippen molar-refractivity contribution in [1.82, 2.24) is 5.32 Å². The summed E-state index contributed by atoms with van der Waals surface area (Å²) in [6, 6.07) is 0.834. The highest BCUT2D eigenvalue weighted by molar-refractivity contribution is 4.75. The topological polar surface area (TPSA) is 12.0 Å². The van der Waals surface area contributed by atoms with Crippen LogP contribution < -0.4 is 5.32 Å². The van der Waals surface area contributed by atoms with Crippen molar-refractivity contribution in [3.63, 3.8) is 0 Å². The predicted octanol–water partition coefficient (Wildman–Crippen LogP) is 3.34. The first kappa shape index (κ1) is 11.0. The molecule has 0 saturated carbocycles. The summed E-state index contributed by atoms with van der Waals surface area (Å²) in [4.78, 5) is 0. The molecule has 1 nitrogen and oxygen atoms in total. The lowest BCUT2D eigenvalue weighted by atomic mass is 9.91. The Hall–Kier alpha value is -0.0400. The SMILES string of the molecule is CCCCCCC1CC(C)CCN1. The fourth-order valence-corrected chi connectivity index (χ4v) is 2.26. The number of hydrogen-bond acceptors (Lipinski definition) is 1. The van der Waals surface area contributed by atoms with Gasteiger partial charge in [-0.25, -0.2) is 0 Å². The lowest BCUT2D eigenvalue weighted by Crippen LogP contribution is -2.37. The molecule has 1 rings (SSSR count). The van der Waals surface area contributed by atoms with Crippen LogP contribution in [0.1, 0.15) is 58.8 Å². The summed E-state index contributed by atoms with van der Waals surface area (Å²) in [7, 11) is 0. The molecule has 0 aliphatic carbocycles. The van der Waals surface area contributed by atoms with Gasteiger partial charge in [0.1, 0.15) is 0 Å². The van der Waals surface area contributed by atoms with Crippen LogP contribution in [0.3, 0.4) is 0 Å². The average molecular weight is 183 g/mol. The first-order valence-electron chi connectivity index (χ1n) is 6.06. The molecule has 2 atom stereocenters. The Bertz CT molecular complexity index is 122. The normalized spacial score (nSPS) is 29.1. The van der Waals surface area contributed by atoms with Gasteiger partial charge >= 0.3 is 0 Å². The van der Waals surface area contributed by atoms with E-state index in [0.717, 1.165) is 12.0 Å². The standard InChI is InChI=1S/C12H25N/c1-3-4-5-6-7-12-10-11(2)8-9-13-12/h11-13H,3-10H2,1-2H3. The van der Waals surface area contributed by atoms with Crippen molar-refractivity contribution in [2.75, 3.05) is 6.54 Å². The van der Waals surface area contributed by atoms with Crippen molar-refractivity contribution >= 4 is 0 Å². The summed E-state index contributed by atoms with van der Waals surface area (Å²) in [5, 5.41) is 3.63. The van der Waals surface area contributed by atoms with Crippen molar-refractivity contribution in [3.05, 3.63) is 0 Å². The van der Waals surface area contributed by atoms with Crippen LogP contribution in [0.2, 0.25) is 0 Å². The fraction of sp³-hybridized carbons (Fsp3) is 1.00. The number of nitrogens with one attached hydrogen (secondary N) is 1. The molecular weight excluding hydrogens is 158 g/mol. The van der Waals surface area contributed by atoms with Gasteiger partial charge in [0, 0.05) is 6.04 Å². The van der Waals surface area contributed by atoms with Crippen LogP contribution in [0.15, 0.2) is 0 Å². The van der Waals surface area contributed by atoms with Crippen molar-refractivity contribution in [2.45, 2.75) is 64.8 Å². The Kier molecular flexibility index (Phi) is 5.45. The Morgan fingerprint density at radius 3 is 2.77 bits per heavy atom. The van der Waals surface area contributed by atoms with Gasteiger partial charge in [-0.3, -0.25) is 0 Å². The molecule has 2 unspecified atom stereocenters. The first-order valence-corrected chi connectivity index (χ1v) is 6.06. The second-order valence-electron chi connectivity index (χ2n) is 4.63. The maximum atomic E-state index is 3.63. The van der Waals surface area contributed by atoms with E-state index >= 15 is 0 Å². The van der Waals surface area contributed by atoms with Crippen molar-refractivity contribution in [3.8, 4) is 0 Å². The average Bonchev–Trinajstić information content (AvgIpc) is 2.13. The van der Waals surface area contributed by atoms with Gasteiger partial charge in [0.25, 0.3) is 0 Å². The number of hydrogen-bond donors (Lipinski definition) is 1. The molecule has 0 spiro atoms. The molecule has 13 heavy (non-hydrogen) atoms. The summed E-state index contributed by atoms with van der Waals surface area (Å²) in [5.41, 5.74) is 0. The highest BCUT2D eigenvalue weighted by atomic mass is 14.9. The van der Waals surface area contributed by atoms with E-state index in [1.165, 1.54) is 51.5 Å². The lowest BCUT2D eigenvalue weighted by molar-refractivity contribution is 0.302. The van der Waals surface area contributed by atoms with Gasteiger partial charge in [-0.05, 0) is 31.7 Å². The van der Waals surface area contributed by atoms with E-state index in [-0.39, 0.29) is 0 Å². The van der Waals surface area contributed by atoms with E-state index in [1.807, 2.05) is 0 Å². The van der Waals surface area contributed by atoms with E-state index in [4.69, 9.17) is 0 Å². The highest BCUT2D eigenvalue weighted by Gasteiger charge is 2.16. The van der Waals surface area contributed by atoms with E-state index in [1.54, 1.807) is 0 Å². The zero-order chi connectivity index (χ0) is 9.52. The van der Waals surface area contributed by atoms with Crippen molar-refractivity contribution in [1.29, 1.82) is 0 Å². The third-order valence-electron chi connectivity index (χ3n) is 3.16. The molecule has 0 amide bonds. The van der Waals surface area contributed by atoms with E-state index < -0.39 is 0 Å². The molecule has 1 N–H and O–H groups in total. The summed E-state index contributed by atoms with van der Waals surface area (Å²) in [5.74, 6) is 0.956. The zero-order valence-electron chi connectivity index (χ0n) is 9.31. The van der Waals surface area contributed by atoms with Gasteiger partial charge in [-0.2, -0.15) is 0 Å². The van der Waals surface area contributed by atoms with Gasteiger partial charge in [-0.15, -0.1) is 0 Å². The molecule has 1 fully saturated rings. The van der Waals surface area contributed by atoms with Crippen LogP contribution in [0.5, 0.6) is 0 Å². The Labute approximate surface area is 83.3 Å².